The summed E-state index contributed by atoms with van der Waals surface area (Å²) in [5, 5.41) is 15.6. The third-order valence-corrected chi connectivity index (χ3v) is 3.36. The van der Waals surface area contributed by atoms with Gasteiger partial charge in [0.05, 0.1) is 13.7 Å². The molecular formula is C16H15N5O3. The van der Waals surface area contributed by atoms with E-state index in [0.717, 1.165) is 0 Å². The Morgan fingerprint density at radius 1 is 1.08 bits per heavy atom. The number of aromatic nitrogens is 3. The van der Waals surface area contributed by atoms with Gasteiger partial charge in [-0.15, -0.1) is 0 Å². The van der Waals surface area contributed by atoms with Crippen LogP contribution in [0.1, 0.15) is 10.4 Å². The second kappa shape index (κ2) is 6.78. The second-order valence-corrected chi connectivity index (χ2v) is 4.99. The van der Waals surface area contributed by atoms with Crippen LogP contribution in [0, 0.1) is 0 Å². The summed E-state index contributed by atoms with van der Waals surface area (Å²) >= 11 is 0. The van der Waals surface area contributed by atoms with Crippen molar-refractivity contribution < 1.29 is 14.3 Å². The minimum absolute atomic E-state index is 0.137. The van der Waals surface area contributed by atoms with Crippen molar-refractivity contribution >= 4 is 28.5 Å². The Morgan fingerprint density at radius 2 is 1.83 bits per heavy atom. The van der Waals surface area contributed by atoms with Gasteiger partial charge in [0.2, 0.25) is 5.91 Å². The first-order chi connectivity index (χ1) is 11.7. The van der Waals surface area contributed by atoms with Crippen LogP contribution in [0.25, 0.3) is 11.0 Å². The molecule has 0 aliphatic rings. The molecule has 2 amide bonds. The lowest BCUT2D eigenvalue weighted by Crippen LogP contribution is -2.32. The van der Waals surface area contributed by atoms with Gasteiger partial charge in [-0.25, -0.2) is 0 Å². The fraction of sp³-hybridized carbons (Fsp3) is 0.125. The zero-order chi connectivity index (χ0) is 16.9. The SMILES string of the molecule is COc1ccc(C(=O)NCC(=O)Nc2ccc3n[nH]nc3c2)cc1. The average Bonchev–Trinajstić information content (AvgIpc) is 3.07. The highest BCUT2D eigenvalue weighted by atomic mass is 16.5. The number of methoxy groups -OCH3 is 1. The van der Waals surface area contributed by atoms with Crippen molar-refractivity contribution in [2.45, 2.75) is 0 Å². The summed E-state index contributed by atoms with van der Waals surface area (Å²) in [5.74, 6) is -0.00740. The molecule has 0 fully saturated rings. The monoisotopic (exact) mass is 325 g/mol. The average molecular weight is 325 g/mol. The van der Waals surface area contributed by atoms with E-state index >= 15 is 0 Å². The molecular weight excluding hydrogens is 310 g/mol. The van der Waals surface area contributed by atoms with Crippen molar-refractivity contribution in [3.05, 3.63) is 48.0 Å². The first-order valence-corrected chi connectivity index (χ1v) is 7.18. The summed E-state index contributed by atoms with van der Waals surface area (Å²) in [6, 6.07) is 11.8. The van der Waals surface area contributed by atoms with E-state index in [1.807, 2.05) is 0 Å². The topological polar surface area (TPSA) is 109 Å². The number of hydrogen-bond acceptors (Lipinski definition) is 5. The van der Waals surface area contributed by atoms with Crippen LogP contribution in [0.4, 0.5) is 5.69 Å². The number of amides is 2. The van der Waals surface area contributed by atoms with Gasteiger partial charge in [0, 0.05) is 11.3 Å². The third kappa shape index (κ3) is 3.49. The molecule has 8 nitrogen and oxygen atoms in total. The molecule has 8 heteroatoms. The highest BCUT2D eigenvalue weighted by Crippen LogP contribution is 2.14. The van der Waals surface area contributed by atoms with Crippen LogP contribution < -0.4 is 15.4 Å². The molecule has 0 bridgehead atoms. The molecule has 0 atom stereocenters. The minimum Gasteiger partial charge on any atom is -0.497 e. The maximum atomic E-state index is 12.0. The van der Waals surface area contributed by atoms with Gasteiger partial charge in [0.15, 0.2) is 0 Å². The highest BCUT2D eigenvalue weighted by Gasteiger charge is 2.09. The number of rotatable bonds is 5. The van der Waals surface area contributed by atoms with Gasteiger partial charge >= 0.3 is 0 Å². The predicted molar refractivity (Wildman–Crippen MR) is 87.8 cm³/mol. The molecule has 0 saturated heterocycles. The van der Waals surface area contributed by atoms with Gasteiger partial charge in [-0.05, 0) is 42.5 Å². The van der Waals surface area contributed by atoms with Crippen LogP contribution in [-0.2, 0) is 4.79 Å². The summed E-state index contributed by atoms with van der Waals surface area (Å²) in [5.41, 5.74) is 2.39. The number of hydrogen-bond donors (Lipinski definition) is 3. The van der Waals surface area contributed by atoms with Crippen molar-refractivity contribution in [3.8, 4) is 5.75 Å². The fourth-order valence-corrected chi connectivity index (χ4v) is 2.13. The molecule has 3 N–H and O–H groups in total. The highest BCUT2D eigenvalue weighted by molar-refractivity contribution is 5.99. The molecule has 0 saturated carbocycles. The molecule has 3 aromatic rings. The largest absolute Gasteiger partial charge is 0.497 e. The Kier molecular flexibility index (Phi) is 4.37. The number of nitrogens with one attached hydrogen (secondary N) is 3. The lowest BCUT2D eigenvalue weighted by molar-refractivity contribution is -0.115. The molecule has 0 unspecified atom stereocenters. The number of benzene rings is 2. The summed E-state index contributed by atoms with van der Waals surface area (Å²) in [6.45, 7) is -0.137. The van der Waals surface area contributed by atoms with Crippen LogP contribution in [0.15, 0.2) is 42.5 Å². The van der Waals surface area contributed by atoms with Crippen LogP contribution in [0.2, 0.25) is 0 Å². The first-order valence-electron chi connectivity index (χ1n) is 7.18. The molecule has 122 valence electrons. The van der Waals surface area contributed by atoms with Crippen LogP contribution in [0.3, 0.4) is 0 Å². The molecule has 0 aliphatic heterocycles. The Balaban J connectivity index is 1.55. The van der Waals surface area contributed by atoms with Crippen molar-refractivity contribution in [3.63, 3.8) is 0 Å². The van der Waals surface area contributed by atoms with Crippen molar-refractivity contribution in [2.75, 3.05) is 19.0 Å². The van der Waals surface area contributed by atoms with E-state index < -0.39 is 0 Å². The zero-order valence-electron chi connectivity index (χ0n) is 12.9. The van der Waals surface area contributed by atoms with E-state index in [1.54, 1.807) is 49.6 Å². The Labute approximate surface area is 137 Å². The second-order valence-electron chi connectivity index (χ2n) is 4.99. The number of carbonyl (C=O) groups excluding carboxylic acids is 2. The summed E-state index contributed by atoms with van der Waals surface area (Å²) in [6.07, 6.45) is 0. The van der Waals surface area contributed by atoms with E-state index in [0.29, 0.717) is 28.0 Å². The Bertz CT molecular complexity index is 873. The molecule has 1 heterocycles. The molecule has 0 spiro atoms. The van der Waals surface area contributed by atoms with Crippen LogP contribution >= 0.6 is 0 Å². The number of carbonyl (C=O) groups is 2. The van der Waals surface area contributed by atoms with Gasteiger partial charge in [0.1, 0.15) is 16.8 Å². The molecule has 3 rings (SSSR count). The minimum atomic E-state index is -0.334. The number of ether oxygens (including phenoxy) is 1. The number of fused-ring (bicyclic) bond motifs is 1. The normalized spacial score (nSPS) is 10.4. The smallest absolute Gasteiger partial charge is 0.251 e. The molecule has 0 aliphatic carbocycles. The third-order valence-electron chi connectivity index (χ3n) is 3.36. The van der Waals surface area contributed by atoms with Gasteiger partial charge in [-0.2, -0.15) is 15.4 Å². The summed E-state index contributed by atoms with van der Waals surface area (Å²) in [7, 11) is 1.55. The standard InChI is InChI=1S/C16H15N5O3/c1-24-12-5-2-10(3-6-12)16(23)17-9-15(22)18-11-4-7-13-14(8-11)20-21-19-13/h2-8H,9H2,1H3,(H,17,23)(H,18,22)(H,19,20,21). The van der Waals surface area contributed by atoms with E-state index in [9.17, 15) is 9.59 Å². The molecule has 24 heavy (non-hydrogen) atoms. The van der Waals surface area contributed by atoms with Crippen molar-refractivity contribution in [1.29, 1.82) is 0 Å². The number of nitrogens with zero attached hydrogens (tertiary/aromatic N) is 2. The number of anilines is 1. The van der Waals surface area contributed by atoms with Gasteiger partial charge < -0.3 is 15.4 Å². The molecule has 1 aromatic heterocycles. The number of aromatic amines is 1. The van der Waals surface area contributed by atoms with Gasteiger partial charge in [-0.3, -0.25) is 9.59 Å². The molecule has 2 aromatic carbocycles. The van der Waals surface area contributed by atoms with E-state index in [4.69, 9.17) is 4.74 Å². The van der Waals surface area contributed by atoms with Crippen LogP contribution in [0.5, 0.6) is 5.75 Å². The first kappa shape index (κ1) is 15.5. The van der Waals surface area contributed by atoms with E-state index in [2.05, 4.69) is 26.0 Å². The fourth-order valence-electron chi connectivity index (χ4n) is 2.13. The Morgan fingerprint density at radius 3 is 2.58 bits per heavy atom. The van der Waals surface area contributed by atoms with Crippen molar-refractivity contribution in [1.82, 2.24) is 20.7 Å². The van der Waals surface area contributed by atoms with Gasteiger partial charge in [0.25, 0.3) is 5.91 Å². The lowest BCUT2D eigenvalue weighted by atomic mass is 10.2. The van der Waals surface area contributed by atoms with Crippen molar-refractivity contribution in [2.24, 2.45) is 0 Å². The maximum absolute atomic E-state index is 12.0. The lowest BCUT2D eigenvalue weighted by Gasteiger charge is -2.07. The maximum Gasteiger partial charge on any atom is 0.251 e. The summed E-state index contributed by atoms with van der Waals surface area (Å²) < 4.78 is 5.03. The summed E-state index contributed by atoms with van der Waals surface area (Å²) in [4.78, 5) is 23.9. The van der Waals surface area contributed by atoms with E-state index in [1.165, 1.54) is 0 Å². The number of H-pyrrole nitrogens is 1. The van der Waals surface area contributed by atoms with Crippen LogP contribution in [-0.4, -0.2) is 40.9 Å². The van der Waals surface area contributed by atoms with Gasteiger partial charge in [-0.1, -0.05) is 0 Å². The quantitative estimate of drug-likeness (QED) is 0.656. The Hall–Kier alpha value is -3.42. The predicted octanol–water partition coefficient (Wildman–Crippen LogP) is 1.33. The zero-order valence-corrected chi connectivity index (χ0v) is 12.9. The van der Waals surface area contributed by atoms with E-state index in [-0.39, 0.29) is 18.4 Å². The molecule has 0 radical (unpaired) electrons.